The lowest BCUT2D eigenvalue weighted by molar-refractivity contribution is -0.114. The lowest BCUT2D eigenvalue weighted by Crippen LogP contribution is -2.38. The zero-order chi connectivity index (χ0) is 18.7. The molecule has 1 aliphatic heterocycles. The summed E-state index contributed by atoms with van der Waals surface area (Å²) in [6.07, 6.45) is 1.68. The SMILES string of the molecule is C=CCOc1ccc(CN(C)CN2C(=O)C(=O)c3cc(F)ccc32)cc1. The van der Waals surface area contributed by atoms with Gasteiger partial charge in [0, 0.05) is 6.54 Å². The van der Waals surface area contributed by atoms with Crippen molar-refractivity contribution in [2.75, 3.05) is 25.2 Å². The third-order valence-corrected chi connectivity index (χ3v) is 4.06. The number of rotatable bonds is 7. The van der Waals surface area contributed by atoms with Crippen LogP contribution in [0.1, 0.15) is 15.9 Å². The number of carbonyl (C=O) groups is 2. The largest absolute Gasteiger partial charge is 0.490 e. The number of fused-ring (bicyclic) bond motifs is 1. The summed E-state index contributed by atoms with van der Waals surface area (Å²) in [6, 6.07) is 11.4. The van der Waals surface area contributed by atoms with Gasteiger partial charge in [-0.15, -0.1) is 0 Å². The number of halogens is 1. The zero-order valence-electron chi connectivity index (χ0n) is 14.4. The minimum Gasteiger partial charge on any atom is -0.490 e. The van der Waals surface area contributed by atoms with E-state index in [1.165, 1.54) is 17.0 Å². The maximum Gasteiger partial charge on any atom is 0.300 e. The number of hydrogen-bond donors (Lipinski definition) is 0. The Hall–Kier alpha value is -2.99. The Morgan fingerprint density at radius 2 is 1.92 bits per heavy atom. The number of hydrogen-bond acceptors (Lipinski definition) is 4. The van der Waals surface area contributed by atoms with E-state index in [1.807, 2.05) is 36.2 Å². The van der Waals surface area contributed by atoms with Crippen LogP contribution in [0.25, 0.3) is 0 Å². The van der Waals surface area contributed by atoms with Crippen LogP contribution in [0.2, 0.25) is 0 Å². The minimum absolute atomic E-state index is 0.118. The van der Waals surface area contributed by atoms with Gasteiger partial charge in [-0.05, 0) is 42.9 Å². The van der Waals surface area contributed by atoms with E-state index in [0.717, 1.165) is 17.4 Å². The first-order chi connectivity index (χ1) is 12.5. The second kappa shape index (κ2) is 7.49. The van der Waals surface area contributed by atoms with Gasteiger partial charge < -0.3 is 4.74 Å². The van der Waals surface area contributed by atoms with Crippen LogP contribution in [0.5, 0.6) is 5.75 Å². The van der Waals surface area contributed by atoms with Gasteiger partial charge in [-0.1, -0.05) is 24.8 Å². The van der Waals surface area contributed by atoms with E-state index in [-0.39, 0.29) is 12.2 Å². The van der Waals surface area contributed by atoms with Crippen molar-refractivity contribution >= 4 is 17.4 Å². The molecule has 0 atom stereocenters. The molecule has 26 heavy (non-hydrogen) atoms. The predicted molar refractivity (Wildman–Crippen MR) is 96.7 cm³/mol. The lowest BCUT2D eigenvalue weighted by atomic mass is 10.1. The smallest absolute Gasteiger partial charge is 0.300 e. The molecular weight excluding hydrogens is 335 g/mol. The summed E-state index contributed by atoms with van der Waals surface area (Å²) in [4.78, 5) is 27.5. The molecule has 0 saturated carbocycles. The van der Waals surface area contributed by atoms with Crippen LogP contribution in [0.4, 0.5) is 10.1 Å². The fraction of sp³-hybridized carbons (Fsp3) is 0.200. The highest BCUT2D eigenvalue weighted by molar-refractivity contribution is 6.52. The van der Waals surface area contributed by atoms with E-state index in [2.05, 4.69) is 6.58 Å². The maximum atomic E-state index is 13.3. The van der Waals surface area contributed by atoms with E-state index < -0.39 is 17.5 Å². The van der Waals surface area contributed by atoms with Crippen molar-refractivity contribution in [3.05, 3.63) is 72.1 Å². The Balaban J connectivity index is 1.67. The molecule has 2 aromatic rings. The molecular formula is C20H19FN2O3. The van der Waals surface area contributed by atoms with Crippen molar-refractivity contribution in [3.63, 3.8) is 0 Å². The van der Waals surface area contributed by atoms with Crippen molar-refractivity contribution in [1.29, 1.82) is 0 Å². The second-order valence-electron chi connectivity index (χ2n) is 6.12. The number of benzene rings is 2. The van der Waals surface area contributed by atoms with Crippen LogP contribution in [-0.2, 0) is 11.3 Å². The maximum absolute atomic E-state index is 13.3. The minimum atomic E-state index is -0.670. The summed E-state index contributed by atoms with van der Waals surface area (Å²) < 4.78 is 18.8. The van der Waals surface area contributed by atoms with Gasteiger partial charge in [0.15, 0.2) is 0 Å². The molecule has 1 aliphatic rings. The summed E-state index contributed by atoms with van der Waals surface area (Å²) in [5.74, 6) is -1.08. The molecule has 1 heterocycles. The van der Waals surface area contributed by atoms with Crippen molar-refractivity contribution in [3.8, 4) is 5.75 Å². The summed E-state index contributed by atoms with van der Waals surface area (Å²) in [7, 11) is 1.85. The standard InChI is InChI=1S/C20H19FN2O3/c1-3-10-26-16-7-4-14(5-8-16)12-22(2)13-23-18-9-6-15(21)11-17(18)19(24)20(23)25/h3-9,11H,1,10,12-13H2,2H3. The highest BCUT2D eigenvalue weighted by Gasteiger charge is 2.36. The zero-order valence-corrected chi connectivity index (χ0v) is 14.4. The van der Waals surface area contributed by atoms with Crippen LogP contribution in [0.3, 0.4) is 0 Å². The fourth-order valence-electron chi connectivity index (χ4n) is 2.86. The van der Waals surface area contributed by atoms with Crippen LogP contribution in [0, 0.1) is 5.82 Å². The number of ether oxygens (including phenoxy) is 1. The third kappa shape index (κ3) is 3.65. The molecule has 0 unspecified atom stereocenters. The Morgan fingerprint density at radius 1 is 1.19 bits per heavy atom. The van der Waals surface area contributed by atoms with Crippen molar-refractivity contribution in [2.45, 2.75) is 6.54 Å². The van der Waals surface area contributed by atoms with Gasteiger partial charge in [0.2, 0.25) is 0 Å². The van der Waals surface area contributed by atoms with Gasteiger partial charge in [0.1, 0.15) is 18.2 Å². The van der Waals surface area contributed by atoms with Crippen molar-refractivity contribution in [2.24, 2.45) is 0 Å². The molecule has 0 bridgehead atoms. The predicted octanol–water partition coefficient (Wildman–Crippen LogP) is 3.01. The summed E-state index contributed by atoms with van der Waals surface area (Å²) in [5.41, 5.74) is 1.60. The molecule has 0 fully saturated rings. The van der Waals surface area contributed by atoms with Gasteiger partial charge >= 0.3 is 5.91 Å². The Labute approximate surface area is 151 Å². The second-order valence-corrected chi connectivity index (χ2v) is 6.12. The molecule has 0 aromatic heterocycles. The Morgan fingerprint density at radius 3 is 2.62 bits per heavy atom. The number of ketones is 1. The number of Topliss-reactive ketones (excluding diaryl/α,β-unsaturated/α-hetero) is 1. The molecule has 0 N–H and O–H groups in total. The third-order valence-electron chi connectivity index (χ3n) is 4.06. The average Bonchev–Trinajstić information content (AvgIpc) is 2.85. The molecule has 2 aromatic carbocycles. The number of amides is 1. The van der Waals surface area contributed by atoms with Gasteiger partial charge in [0.25, 0.3) is 5.78 Å². The number of carbonyl (C=O) groups excluding carboxylic acids is 2. The Bertz CT molecular complexity index is 849. The van der Waals surface area contributed by atoms with Gasteiger partial charge in [-0.3, -0.25) is 19.4 Å². The van der Waals surface area contributed by atoms with Crippen molar-refractivity contribution in [1.82, 2.24) is 4.90 Å². The first kappa shape index (κ1) is 17.8. The lowest BCUT2D eigenvalue weighted by Gasteiger charge is -2.24. The average molecular weight is 354 g/mol. The molecule has 1 amide bonds. The highest BCUT2D eigenvalue weighted by atomic mass is 19.1. The van der Waals surface area contributed by atoms with Gasteiger partial charge in [-0.2, -0.15) is 0 Å². The summed E-state index contributed by atoms with van der Waals surface area (Å²) in [6.45, 7) is 4.87. The number of anilines is 1. The van der Waals surface area contributed by atoms with Crippen molar-refractivity contribution < 1.29 is 18.7 Å². The molecule has 134 valence electrons. The molecule has 0 saturated heterocycles. The van der Waals surface area contributed by atoms with Gasteiger partial charge in [-0.25, -0.2) is 4.39 Å². The fourth-order valence-corrected chi connectivity index (χ4v) is 2.86. The van der Waals surface area contributed by atoms with E-state index in [0.29, 0.717) is 18.8 Å². The van der Waals surface area contributed by atoms with E-state index in [4.69, 9.17) is 4.74 Å². The van der Waals surface area contributed by atoms with E-state index >= 15 is 0 Å². The normalized spacial score (nSPS) is 13.3. The first-order valence-corrected chi connectivity index (χ1v) is 8.16. The molecule has 0 spiro atoms. The number of nitrogens with zero attached hydrogens (tertiary/aromatic N) is 2. The molecule has 0 aliphatic carbocycles. The summed E-state index contributed by atoms with van der Waals surface area (Å²) >= 11 is 0. The molecule has 5 nitrogen and oxygen atoms in total. The summed E-state index contributed by atoms with van der Waals surface area (Å²) in [5, 5.41) is 0. The van der Waals surface area contributed by atoms with Crippen LogP contribution in [-0.4, -0.2) is 36.9 Å². The van der Waals surface area contributed by atoms with E-state index in [9.17, 15) is 14.0 Å². The monoisotopic (exact) mass is 354 g/mol. The molecule has 0 radical (unpaired) electrons. The molecule has 6 heteroatoms. The van der Waals surface area contributed by atoms with Crippen LogP contribution < -0.4 is 9.64 Å². The van der Waals surface area contributed by atoms with E-state index in [1.54, 1.807) is 6.08 Å². The van der Waals surface area contributed by atoms with Crippen LogP contribution in [0.15, 0.2) is 55.1 Å². The highest BCUT2D eigenvalue weighted by Crippen LogP contribution is 2.29. The van der Waals surface area contributed by atoms with Crippen LogP contribution >= 0.6 is 0 Å². The Kier molecular flexibility index (Phi) is 5.14. The topological polar surface area (TPSA) is 49.9 Å². The quantitative estimate of drug-likeness (QED) is 0.567. The van der Waals surface area contributed by atoms with Gasteiger partial charge in [0.05, 0.1) is 17.9 Å². The molecule has 3 rings (SSSR count). The first-order valence-electron chi connectivity index (χ1n) is 8.16.